The molecule has 0 atom stereocenters. The van der Waals surface area contributed by atoms with Gasteiger partial charge in [0.15, 0.2) is 0 Å². The Balaban J connectivity index is 1.56. The van der Waals surface area contributed by atoms with Gasteiger partial charge in [0, 0.05) is 51.8 Å². The van der Waals surface area contributed by atoms with Crippen LogP contribution in [0.3, 0.4) is 0 Å². The van der Waals surface area contributed by atoms with Crippen LogP contribution in [0.25, 0.3) is 0 Å². The zero-order valence-corrected chi connectivity index (χ0v) is 17.4. The van der Waals surface area contributed by atoms with E-state index >= 15 is 0 Å². The van der Waals surface area contributed by atoms with Gasteiger partial charge in [-0.3, -0.25) is 14.4 Å². The number of thiocarbonyl (C=S) groups is 1. The van der Waals surface area contributed by atoms with Gasteiger partial charge in [-0.15, -0.1) is 0 Å². The number of anilines is 1. The monoisotopic (exact) mass is 436 g/mol. The van der Waals surface area contributed by atoms with E-state index in [1.165, 1.54) is 0 Å². The average Bonchev–Trinajstić information content (AvgIpc) is 3.06. The van der Waals surface area contributed by atoms with Crippen LogP contribution >= 0.6 is 23.8 Å². The molecule has 7 heteroatoms. The van der Waals surface area contributed by atoms with Gasteiger partial charge in [0.1, 0.15) is 6.29 Å². The molecular formula is C23H17ClN2O3S. The highest BCUT2D eigenvalue weighted by molar-refractivity contribution is 7.81. The Morgan fingerprint density at radius 1 is 1.23 bits per heavy atom. The number of rotatable bonds is 5. The molecule has 0 saturated heterocycles. The number of hydrogen-bond donors (Lipinski definition) is 1. The number of aldehydes is 1. The van der Waals surface area contributed by atoms with Crippen molar-refractivity contribution in [1.82, 2.24) is 4.90 Å². The number of fused-ring (bicyclic) bond motifs is 1. The number of amides is 2. The van der Waals surface area contributed by atoms with E-state index in [4.69, 9.17) is 23.8 Å². The van der Waals surface area contributed by atoms with Crippen molar-refractivity contribution in [2.24, 2.45) is 0 Å². The summed E-state index contributed by atoms with van der Waals surface area (Å²) in [5.74, 6) is -0.458. The summed E-state index contributed by atoms with van der Waals surface area (Å²) in [6.07, 6.45) is 4.55. The third-order valence-electron chi connectivity index (χ3n) is 5.06. The van der Waals surface area contributed by atoms with Crippen molar-refractivity contribution in [3.8, 4) is 0 Å². The first-order valence-electron chi connectivity index (χ1n) is 9.33. The lowest BCUT2D eigenvalue weighted by Gasteiger charge is -2.16. The van der Waals surface area contributed by atoms with Gasteiger partial charge >= 0.3 is 0 Å². The molecule has 0 saturated carbocycles. The average molecular weight is 437 g/mol. The molecule has 150 valence electrons. The Labute approximate surface area is 184 Å². The second kappa shape index (κ2) is 8.34. The first-order chi connectivity index (χ1) is 14.5. The van der Waals surface area contributed by atoms with Crippen LogP contribution in [0.4, 0.5) is 5.69 Å². The third-order valence-corrected chi connectivity index (χ3v) is 5.71. The van der Waals surface area contributed by atoms with Gasteiger partial charge in [-0.2, -0.15) is 0 Å². The Hall–Kier alpha value is -3.09. The molecule has 0 unspecified atom stereocenters. The number of hydrogen-bond acceptors (Lipinski definition) is 4. The van der Waals surface area contributed by atoms with Crippen LogP contribution in [0.5, 0.6) is 0 Å². The molecule has 1 N–H and O–H groups in total. The third kappa shape index (κ3) is 3.97. The van der Waals surface area contributed by atoms with Crippen LogP contribution in [-0.4, -0.2) is 27.9 Å². The Kier molecular flexibility index (Phi) is 5.61. The Morgan fingerprint density at radius 2 is 2.03 bits per heavy atom. The summed E-state index contributed by atoms with van der Waals surface area (Å²) < 4.78 is 0. The van der Waals surface area contributed by atoms with Crippen molar-refractivity contribution in [2.75, 3.05) is 5.32 Å². The van der Waals surface area contributed by atoms with E-state index in [1.54, 1.807) is 53.5 Å². The van der Waals surface area contributed by atoms with Crippen LogP contribution in [0.2, 0.25) is 0 Å². The largest absolute Gasteiger partial charge is 0.330 e. The number of benzene rings is 2. The molecule has 2 aromatic rings. The molecule has 0 bridgehead atoms. The normalized spacial score (nSPS) is 15.4. The highest BCUT2D eigenvalue weighted by atomic mass is 35.5. The summed E-state index contributed by atoms with van der Waals surface area (Å²) in [4.78, 5) is 38.9. The maximum atomic E-state index is 12.9. The van der Waals surface area contributed by atoms with E-state index in [-0.39, 0.29) is 11.8 Å². The molecule has 1 aliphatic heterocycles. The zero-order valence-electron chi connectivity index (χ0n) is 15.9. The molecule has 0 radical (unpaired) electrons. The fraction of sp³-hybridized carbons (Fsp3) is 0.130. The minimum Gasteiger partial charge on any atom is -0.330 e. The van der Waals surface area contributed by atoms with Gasteiger partial charge in [0.2, 0.25) is 0 Å². The molecule has 2 amide bonds. The minimum atomic E-state index is -0.343. The summed E-state index contributed by atoms with van der Waals surface area (Å²) in [7, 11) is 0. The SMILES string of the molecule is O=Cc1cccc(CN2Cc3c(NC(=O)C4=CC(Cl)=CCC4=S)cccc3C2=O)c1. The molecule has 5 nitrogen and oxygen atoms in total. The van der Waals surface area contributed by atoms with E-state index in [0.717, 1.165) is 17.4 Å². The predicted octanol–water partition coefficient (Wildman–Crippen LogP) is 4.42. The summed E-state index contributed by atoms with van der Waals surface area (Å²) in [6, 6.07) is 12.4. The second-order valence-corrected chi connectivity index (χ2v) is 8.01. The number of halogens is 1. The molecular weight excluding hydrogens is 420 g/mol. The first-order valence-corrected chi connectivity index (χ1v) is 10.1. The standard InChI is InChI=1S/C23H17ClN2O3S/c24-16-7-8-21(30)18(10-16)22(28)25-20-6-2-5-17-19(20)12-26(23(17)29)11-14-3-1-4-15(9-14)13-27/h1-7,9-10,13H,8,11-12H2,(H,25,28). The smallest absolute Gasteiger partial charge is 0.256 e. The fourth-order valence-electron chi connectivity index (χ4n) is 3.58. The lowest BCUT2D eigenvalue weighted by atomic mass is 10.0. The lowest BCUT2D eigenvalue weighted by molar-refractivity contribution is -0.112. The van der Waals surface area contributed by atoms with Gasteiger partial charge in [-0.1, -0.05) is 54.2 Å². The first kappa shape index (κ1) is 20.2. The van der Waals surface area contributed by atoms with Crippen LogP contribution in [0, 0.1) is 0 Å². The highest BCUT2D eigenvalue weighted by Crippen LogP contribution is 2.31. The van der Waals surface area contributed by atoms with E-state index < -0.39 is 0 Å². The van der Waals surface area contributed by atoms with Crippen molar-refractivity contribution in [1.29, 1.82) is 0 Å². The van der Waals surface area contributed by atoms with Gasteiger partial charge in [-0.25, -0.2) is 0 Å². The van der Waals surface area contributed by atoms with Crippen molar-refractivity contribution in [3.05, 3.63) is 87.5 Å². The minimum absolute atomic E-state index is 0.115. The van der Waals surface area contributed by atoms with E-state index in [2.05, 4.69) is 5.32 Å². The molecule has 4 rings (SSSR count). The molecule has 30 heavy (non-hydrogen) atoms. The van der Waals surface area contributed by atoms with E-state index in [1.807, 2.05) is 6.07 Å². The van der Waals surface area contributed by atoms with Crippen molar-refractivity contribution in [2.45, 2.75) is 19.5 Å². The number of carbonyl (C=O) groups is 3. The summed E-state index contributed by atoms with van der Waals surface area (Å²) in [5, 5.41) is 3.36. The van der Waals surface area contributed by atoms with Crippen molar-refractivity contribution in [3.63, 3.8) is 0 Å². The molecule has 2 aliphatic rings. The van der Waals surface area contributed by atoms with Crippen LogP contribution in [0.1, 0.15) is 38.3 Å². The summed E-state index contributed by atoms with van der Waals surface area (Å²) in [6.45, 7) is 0.734. The maximum Gasteiger partial charge on any atom is 0.256 e. The maximum absolute atomic E-state index is 12.9. The molecule has 0 aromatic heterocycles. The molecule has 0 spiro atoms. The quantitative estimate of drug-likeness (QED) is 0.556. The number of nitrogens with one attached hydrogen (secondary N) is 1. The van der Waals surface area contributed by atoms with Gasteiger partial charge in [-0.05, 0) is 29.8 Å². The zero-order chi connectivity index (χ0) is 21.3. The van der Waals surface area contributed by atoms with Crippen LogP contribution in [-0.2, 0) is 17.9 Å². The topological polar surface area (TPSA) is 66.5 Å². The molecule has 1 aliphatic carbocycles. The molecule has 0 fully saturated rings. The number of carbonyl (C=O) groups excluding carboxylic acids is 3. The van der Waals surface area contributed by atoms with Crippen LogP contribution < -0.4 is 5.32 Å². The molecule has 1 heterocycles. The second-order valence-electron chi connectivity index (χ2n) is 7.08. The molecule has 2 aromatic carbocycles. The van der Waals surface area contributed by atoms with Gasteiger partial charge < -0.3 is 10.2 Å². The lowest BCUT2D eigenvalue weighted by Crippen LogP contribution is -2.23. The van der Waals surface area contributed by atoms with Crippen LogP contribution in [0.15, 0.2) is 65.2 Å². The number of allylic oxidation sites excluding steroid dienone is 3. The highest BCUT2D eigenvalue weighted by Gasteiger charge is 2.30. The predicted molar refractivity (Wildman–Crippen MR) is 120 cm³/mol. The van der Waals surface area contributed by atoms with E-state index in [9.17, 15) is 14.4 Å². The van der Waals surface area contributed by atoms with Gasteiger partial charge in [0.05, 0.1) is 5.57 Å². The van der Waals surface area contributed by atoms with Gasteiger partial charge in [0.25, 0.3) is 11.8 Å². The Bertz CT molecular complexity index is 1150. The number of nitrogens with zero attached hydrogens (tertiary/aromatic N) is 1. The van der Waals surface area contributed by atoms with Crippen molar-refractivity contribution < 1.29 is 14.4 Å². The van der Waals surface area contributed by atoms with E-state index in [0.29, 0.717) is 51.8 Å². The summed E-state index contributed by atoms with van der Waals surface area (Å²) >= 11 is 11.3. The fourth-order valence-corrected chi connectivity index (χ4v) is 4.00. The Morgan fingerprint density at radius 3 is 2.83 bits per heavy atom. The van der Waals surface area contributed by atoms with Crippen molar-refractivity contribution >= 4 is 52.5 Å². The summed E-state index contributed by atoms with van der Waals surface area (Å²) in [5.41, 5.74) is 3.68.